The molecule has 0 bridgehead atoms. The number of nitrogens with zero attached hydrogens (tertiary/aromatic N) is 1. The molecule has 1 unspecified atom stereocenters. The Kier molecular flexibility index (Phi) is 10.6. The van der Waals surface area contributed by atoms with Crippen LogP contribution in [0.5, 0.6) is 5.75 Å². The van der Waals surface area contributed by atoms with E-state index in [-0.39, 0.29) is 0 Å². The Morgan fingerprint density at radius 1 is 0.875 bits per heavy atom. The van der Waals surface area contributed by atoms with Crippen molar-refractivity contribution in [2.75, 3.05) is 6.61 Å². The molecular weight excluding hydrogens is 390 g/mol. The summed E-state index contributed by atoms with van der Waals surface area (Å²) in [7, 11) is 0. The third kappa shape index (κ3) is 7.09. The van der Waals surface area contributed by atoms with Crippen LogP contribution in [0.15, 0.2) is 42.7 Å². The summed E-state index contributed by atoms with van der Waals surface area (Å²) in [5, 5.41) is 0. The Labute approximate surface area is 197 Å². The average Bonchev–Trinajstić information content (AvgIpc) is 2.84. The van der Waals surface area contributed by atoms with Crippen LogP contribution in [0.25, 0.3) is 11.1 Å². The first kappa shape index (κ1) is 24.8. The molecule has 176 valence electrons. The fraction of sp³-hybridized carbons (Fsp3) is 0.633. The minimum Gasteiger partial charge on any atom is -0.493 e. The lowest BCUT2D eigenvalue weighted by Crippen LogP contribution is -2.19. The van der Waals surface area contributed by atoms with Crippen LogP contribution in [-0.4, -0.2) is 11.6 Å². The molecule has 0 aliphatic heterocycles. The number of ether oxygens (including phenoxy) is 1. The van der Waals surface area contributed by atoms with E-state index >= 15 is 0 Å². The van der Waals surface area contributed by atoms with E-state index < -0.39 is 0 Å². The van der Waals surface area contributed by atoms with E-state index in [1.165, 1.54) is 80.9 Å². The van der Waals surface area contributed by atoms with E-state index in [0.717, 1.165) is 37.0 Å². The summed E-state index contributed by atoms with van der Waals surface area (Å²) in [4.78, 5) is 4.53. The lowest BCUT2D eigenvalue weighted by Gasteiger charge is -2.33. The Morgan fingerprint density at radius 3 is 2.41 bits per heavy atom. The van der Waals surface area contributed by atoms with Gasteiger partial charge in [0.1, 0.15) is 5.75 Å². The SMILES string of the molecule is CCCCCCCC1CCC(C(C)c2cnccc2-c2ccccc2OCCCC)CC1. The zero-order chi connectivity index (χ0) is 22.6. The molecular formula is C30H45NO. The van der Waals surface area contributed by atoms with Crippen LogP contribution < -0.4 is 4.74 Å². The minimum absolute atomic E-state index is 0.535. The Balaban J connectivity index is 1.63. The smallest absolute Gasteiger partial charge is 0.127 e. The maximum atomic E-state index is 6.17. The number of pyridine rings is 1. The highest BCUT2D eigenvalue weighted by Crippen LogP contribution is 2.43. The summed E-state index contributed by atoms with van der Waals surface area (Å²) < 4.78 is 6.17. The maximum Gasteiger partial charge on any atom is 0.127 e. The number of benzene rings is 1. The molecule has 1 fully saturated rings. The highest BCUT2D eigenvalue weighted by molar-refractivity contribution is 5.73. The Morgan fingerprint density at radius 2 is 1.62 bits per heavy atom. The van der Waals surface area contributed by atoms with E-state index in [1.54, 1.807) is 0 Å². The standard InChI is InChI=1S/C30H45NO/c1-4-6-8-9-10-13-25-16-18-26(19-17-25)24(3)29-23-31-21-20-27(29)28-14-11-12-15-30(28)32-22-7-5-2/h11-12,14-15,20-21,23-26H,4-10,13,16-19,22H2,1-3H3. The third-order valence-electron chi connectivity index (χ3n) is 7.59. The first-order valence-electron chi connectivity index (χ1n) is 13.4. The van der Waals surface area contributed by atoms with Gasteiger partial charge in [-0.05, 0) is 60.3 Å². The van der Waals surface area contributed by atoms with Crippen LogP contribution in [0.2, 0.25) is 0 Å². The molecule has 0 saturated heterocycles. The summed E-state index contributed by atoms with van der Waals surface area (Å²) in [6, 6.07) is 10.7. The Hall–Kier alpha value is -1.83. The van der Waals surface area contributed by atoms with Gasteiger partial charge < -0.3 is 4.74 Å². The average molecular weight is 436 g/mol. The molecule has 32 heavy (non-hydrogen) atoms. The largest absolute Gasteiger partial charge is 0.493 e. The van der Waals surface area contributed by atoms with Crippen LogP contribution >= 0.6 is 0 Å². The van der Waals surface area contributed by atoms with Crippen molar-refractivity contribution in [2.24, 2.45) is 11.8 Å². The highest BCUT2D eigenvalue weighted by Gasteiger charge is 2.27. The number of rotatable bonds is 13. The number of unbranched alkanes of at least 4 members (excludes halogenated alkanes) is 5. The summed E-state index contributed by atoms with van der Waals surface area (Å²) in [6.45, 7) is 7.72. The van der Waals surface area contributed by atoms with Gasteiger partial charge in [0.05, 0.1) is 6.61 Å². The van der Waals surface area contributed by atoms with Crippen LogP contribution in [0, 0.1) is 11.8 Å². The maximum absolute atomic E-state index is 6.17. The highest BCUT2D eigenvalue weighted by atomic mass is 16.5. The van der Waals surface area contributed by atoms with Crippen LogP contribution in [-0.2, 0) is 0 Å². The third-order valence-corrected chi connectivity index (χ3v) is 7.59. The summed E-state index contributed by atoms with van der Waals surface area (Å²) in [6.07, 6.45) is 20.3. The second-order valence-electron chi connectivity index (χ2n) is 9.93. The lowest BCUT2D eigenvalue weighted by atomic mass is 9.72. The van der Waals surface area contributed by atoms with E-state index in [1.807, 2.05) is 6.20 Å². The van der Waals surface area contributed by atoms with Gasteiger partial charge in [0, 0.05) is 18.0 Å². The van der Waals surface area contributed by atoms with Crippen molar-refractivity contribution < 1.29 is 4.74 Å². The second-order valence-corrected chi connectivity index (χ2v) is 9.93. The van der Waals surface area contributed by atoms with Gasteiger partial charge in [-0.1, -0.05) is 96.8 Å². The van der Waals surface area contributed by atoms with Crippen LogP contribution in [0.1, 0.15) is 109 Å². The lowest BCUT2D eigenvalue weighted by molar-refractivity contribution is 0.236. The monoisotopic (exact) mass is 435 g/mol. The molecule has 0 radical (unpaired) electrons. The van der Waals surface area contributed by atoms with Crippen LogP contribution in [0.4, 0.5) is 0 Å². The molecule has 1 aliphatic rings. The Bertz CT molecular complexity index is 778. The van der Waals surface area contributed by atoms with Gasteiger partial charge in [0.2, 0.25) is 0 Å². The van der Waals surface area contributed by atoms with Crippen molar-refractivity contribution in [1.82, 2.24) is 4.98 Å². The fourth-order valence-corrected chi connectivity index (χ4v) is 5.42. The summed E-state index contributed by atoms with van der Waals surface area (Å²) in [5.41, 5.74) is 3.91. The first-order chi connectivity index (χ1) is 15.7. The topological polar surface area (TPSA) is 22.1 Å². The molecule has 0 spiro atoms. The van der Waals surface area contributed by atoms with Crippen molar-refractivity contribution in [3.63, 3.8) is 0 Å². The first-order valence-corrected chi connectivity index (χ1v) is 13.4. The molecule has 1 aliphatic carbocycles. The zero-order valence-corrected chi connectivity index (χ0v) is 20.8. The van der Waals surface area contributed by atoms with E-state index in [0.29, 0.717) is 5.92 Å². The molecule has 3 rings (SSSR count). The number of aromatic nitrogens is 1. The van der Waals surface area contributed by atoms with Crippen molar-refractivity contribution in [3.8, 4) is 16.9 Å². The van der Waals surface area contributed by atoms with Crippen molar-refractivity contribution >= 4 is 0 Å². The molecule has 1 saturated carbocycles. The van der Waals surface area contributed by atoms with E-state index in [9.17, 15) is 0 Å². The predicted molar refractivity (Wildman–Crippen MR) is 137 cm³/mol. The molecule has 0 amide bonds. The number of para-hydroxylation sites is 1. The second kappa shape index (κ2) is 13.7. The quantitative estimate of drug-likeness (QED) is 0.292. The fourth-order valence-electron chi connectivity index (χ4n) is 5.42. The molecule has 1 atom stereocenters. The van der Waals surface area contributed by atoms with Crippen molar-refractivity contribution in [2.45, 2.75) is 104 Å². The molecule has 0 N–H and O–H groups in total. The molecule has 1 aromatic carbocycles. The van der Waals surface area contributed by atoms with Crippen molar-refractivity contribution in [3.05, 3.63) is 48.3 Å². The molecule has 1 aromatic heterocycles. The van der Waals surface area contributed by atoms with Gasteiger partial charge >= 0.3 is 0 Å². The summed E-state index contributed by atoms with van der Waals surface area (Å²) in [5.74, 6) is 3.27. The van der Waals surface area contributed by atoms with Gasteiger partial charge in [-0.2, -0.15) is 0 Å². The molecule has 2 aromatic rings. The molecule has 2 heteroatoms. The van der Waals surface area contributed by atoms with Gasteiger partial charge in [-0.3, -0.25) is 4.98 Å². The normalized spacial score (nSPS) is 19.6. The van der Waals surface area contributed by atoms with E-state index in [2.05, 4.69) is 62.3 Å². The van der Waals surface area contributed by atoms with Gasteiger partial charge in [0.25, 0.3) is 0 Å². The molecule has 1 heterocycles. The van der Waals surface area contributed by atoms with Crippen molar-refractivity contribution in [1.29, 1.82) is 0 Å². The van der Waals surface area contributed by atoms with Gasteiger partial charge in [0.15, 0.2) is 0 Å². The van der Waals surface area contributed by atoms with Crippen LogP contribution in [0.3, 0.4) is 0 Å². The van der Waals surface area contributed by atoms with Gasteiger partial charge in [-0.25, -0.2) is 0 Å². The summed E-state index contributed by atoms with van der Waals surface area (Å²) >= 11 is 0. The minimum atomic E-state index is 0.535. The molecule has 2 nitrogen and oxygen atoms in total. The van der Waals surface area contributed by atoms with Gasteiger partial charge in [-0.15, -0.1) is 0 Å². The zero-order valence-electron chi connectivity index (χ0n) is 20.8. The number of hydrogen-bond acceptors (Lipinski definition) is 2. The van der Waals surface area contributed by atoms with E-state index in [4.69, 9.17) is 4.74 Å². The number of hydrogen-bond donors (Lipinski definition) is 0. The predicted octanol–water partition coefficient (Wildman–Crippen LogP) is 9.20.